The predicted octanol–water partition coefficient (Wildman–Crippen LogP) is 2.63. The lowest BCUT2D eigenvalue weighted by Gasteiger charge is -2.37. The van der Waals surface area contributed by atoms with Crippen LogP contribution in [0, 0.1) is 5.92 Å². The molecule has 0 saturated carbocycles. The highest BCUT2D eigenvalue weighted by molar-refractivity contribution is 5.68. The Labute approximate surface area is 111 Å². The van der Waals surface area contributed by atoms with Crippen molar-refractivity contribution in [2.24, 2.45) is 5.92 Å². The maximum absolute atomic E-state index is 12.2. The fraction of sp³-hybridized carbons (Fsp3) is 0.929. The molecule has 18 heavy (non-hydrogen) atoms. The summed E-state index contributed by atoms with van der Waals surface area (Å²) in [5, 5.41) is 3.36. The second kappa shape index (κ2) is 6.41. The molecule has 0 bridgehead atoms. The molecule has 1 aliphatic heterocycles. The van der Waals surface area contributed by atoms with E-state index in [-0.39, 0.29) is 12.1 Å². The van der Waals surface area contributed by atoms with Crippen LogP contribution in [-0.2, 0) is 4.74 Å². The Morgan fingerprint density at radius 1 is 1.39 bits per heavy atom. The molecule has 1 fully saturated rings. The van der Waals surface area contributed by atoms with Crippen LogP contribution in [0.4, 0.5) is 4.79 Å². The number of rotatable bonds is 3. The third kappa shape index (κ3) is 4.48. The van der Waals surface area contributed by atoms with Gasteiger partial charge in [-0.2, -0.15) is 0 Å². The summed E-state index contributed by atoms with van der Waals surface area (Å²) in [5.41, 5.74) is -0.418. The number of carbonyl (C=O) groups excluding carboxylic acids is 1. The van der Waals surface area contributed by atoms with E-state index in [2.05, 4.69) is 12.2 Å². The molecule has 4 nitrogen and oxygen atoms in total. The molecule has 1 unspecified atom stereocenters. The summed E-state index contributed by atoms with van der Waals surface area (Å²) in [4.78, 5) is 14.0. The van der Waals surface area contributed by atoms with Crippen LogP contribution in [0.3, 0.4) is 0 Å². The molecule has 0 radical (unpaired) electrons. The summed E-state index contributed by atoms with van der Waals surface area (Å²) in [5.74, 6) is 0.582. The summed E-state index contributed by atoms with van der Waals surface area (Å²) >= 11 is 0. The zero-order chi connectivity index (χ0) is 13.8. The number of amides is 1. The Hall–Kier alpha value is -0.770. The van der Waals surface area contributed by atoms with Crippen LogP contribution in [0.25, 0.3) is 0 Å². The summed E-state index contributed by atoms with van der Waals surface area (Å²) in [6.45, 7) is 12.7. The number of carbonyl (C=O) groups is 1. The molecule has 0 spiro atoms. The zero-order valence-electron chi connectivity index (χ0n) is 12.5. The van der Waals surface area contributed by atoms with Crippen LogP contribution in [0.1, 0.15) is 47.5 Å². The van der Waals surface area contributed by atoms with E-state index in [4.69, 9.17) is 4.74 Å². The first-order valence-corrected chi connectivity index (χ1v) is 7.05. The second-order valence-electron chi connectivity index (χ2n) is 6.09. The van der Waals surface area contributed by atoms with Crippen molar-refractivity contribution in [1.29, 1.82) is 0 Å². The molecule has 106 valence electrons. The second-order valence-corrected chi connectivity index (χ2v) is 6.09. The third-order valence-corrected chi connectivity index (χ3v) is 3.53. The molecule has 0 aromatic heterocycles. The number of nitrogens with zero attached hydrogens (tertiary/aromatic N) is 1. The lowest BCUT2D eigenvalue weighted by Crippen LogP contribution is -2.47. The van der Waals surface area contributed by atoms with Crippen molar-refractivity contribution in [3.63, 3.8) is 0 Å². The smallest absolute Gasteiger partial charge is 0.410 e. The van der Waals surface area contributed by atoms with Crippen molar-refractivity contribution < 1.29 is 9.53 Å². The van der Waals surface area contributed by atoms with Gasteiger partial charge in [-0.25, -0.2) is 4.79 Å². The fourth-order valence-electron chi connectivity index (χ4n) is 2.49. The Balaban J connectivity index is 2.60. The molecule has 1 N–H and O–H groups in total. The third-order valence-electron chi connectivity index (χ3n) is 3.53. The minimum atomic E-state index is -0.418. The largest absolute Gasteiger partial charge is 0.444 e. The Morgan fingerprint density at radius 3 is 2.39 bits per heavy atom. The van der Waals surface area contributed by atoms with Gasteiger partial charge in [0.1, 0.15) is 5.60 Å². The molecule has 0 aromatic rings. The SMILES string of the molecule is CCN(C(=O)OC(C)(C)C)C(C)C1CCNCC1. The topological polar surface area (TPSA) is 41.6 Å². The van der Waals surface area contributed by atoms with E-state index in [9.17, 15) is 4.79 Å². The first-order chi connectivity index (χ1) is 8.35. The molecule has 4 heteroatoms. The van der Waals surface area contributed by atoms with Crippen molar-refractivity contribution >= 4 is 6.09 Å². The van der Waals surface area contributed by atoms with Crippen molar-refractivity contribution in [2.45, 2.75) is 59.1 Å². The fourth-order valence-corrected chi connectivity index (χ4v) is 2.49. The molecular formula is C14H28N2O2. The van der Waals surface area contributed by atoms with Crippen molar-refractivity contribution in [1.82, 2.24) is 10.2 Å². The standard InChI is InChI=1S/C14H28N2O2/c1-6-16(13(17)18-14(3,4)5)11(2)12-7-9-15-10-8-12/h11-12,15H,6-10H2,1-5H3. The average molecular weight is 256 g/mol. The molecular weight excluding hydrogens is 228 g/mol. The predicted molar refractivity (Wildman–Crippen MR) is 73.7 cm³/mol. The Morgan fingerprint density at radius 2 is 1.94 bits per heavy atom. The van der Waals surface area contributed by atoms with Crippen LogP contribution in [0.15, 0.2) is 0 Å². The van der Waals surface area contributed by atoms with Gasteiger partial charge in [0.25, 0.3) is 0 Å². The van der Waals surface area contributed by atoms with E-state index in [0.717, 1.165) is 25.9 Å². The van der Waals surface area contributed by atoms with Gasteiger partial charge in [-0.15, -0.1) is 0 Å². The average Bonchev–Trinajstić information content (AvgIpc) is 2.28. The van der Waals surface area contributed by atoms with E-state index in [1.54, 1.807) is 0 Å². The molecule has 1 saturated heterocycles. The van der Waals surface area contributed by atoms with Crippen LogP contribution >= 0.6 is 0 Å². The van der Waals surface area contributed by atoms with Gasteiger partial charge in [0.05, 0.1) is 0 Å². The van der Waals surface area contributed by atoms with E-state index < -0.39 is 5.60 Å². The summed E-state index contributed by atoms with van der Waals surface area (Å²) in [6.07, 6.45) is 2.09. The molecule has 1 amide bonds. The van der Waals surface area contributed by atoms with E-state index in [1.165, 1.54) is 0 Å². The maximum atomic E-state index is 12.2. The summed E-state index contributed by atoms with van der Waals surface area (Å²) in [6, 6.07) is 0.256. The Kier molecular flexibility index (Phi) is 5.45. The van der Waals surface area contributed by atoms with Crippen molar-refractivity contribution in [3.05, 3.63) is 0 Å². The van der Waals surface area contributed by atoms with Gasteiger partial charge >= 0.3 is 6.09 Å². The number of nitrogens with one attached hydrogen (secondary N) is 1. The van der Waals surface area contributed by atoms with Gasteiger partial charge < -0.3 is 15.0 Å². The van der Waals surface area contributed by atoms with Crippen LogP contribution < -0.4 is 5.32 Å². The number of piperidine rings is 1. The van der Waals surface area contributed by atoms with Gasteiger partial charge in [-0.1, -0.05) is 0 Å². The minimum absolute atomic E-state index is 0.184. The minimum Gasteiger partial charge on any atom is -0.444 e. The number of hydrogen-bond donors (Lipinski definition) is 1. The molecule has 1 heterocycles. The zero-order valence-corrected chi connectivity index (χ0v) is 12.5. The summed E-state index contributed by atoms with van der Waals surface area (Å²) in [7, 11) is 0. The first kappa shape index (κ1) is 15.3. The highest BCUT2D eigenvalue weighted by Crippen LogP contribution is 2.22. The molecule has 0 aliphatic carbocycles. The summed E-state index contributed by atoms with van der Waals surface area (Å²) < 4.78 is 5.47. The first-order valence-electron chi connectivity index (χ1n) is 7.05. The van der Waals surface area contributed by atoms with Crippen molar-refractivity contribution in [2.75, 3.05) is 19.6 Å². The van der Waals surface area contributed by atoms with Crippen LogP contribution in [0.5, 0.6) is 0 Å². The number of ether oxygens (including phenoxy) is 1. The normalized spacial score (nSPS) is 19.4. The van der Waals surface area contributed by atoms with Gasteiger partial charge in [0.15, 0.2) is 0 Å². The van der Waals surface area contributed by atoms with Gasteiger partial charge in [-0.05, 0) is 66.5 Å². The lowest BCUT2D eigenvalue weighted by molar-refractivity contribution is 0.0112. The lowest BCUT2D eigenvalue weighted by atomic mass is 9.90. The van der Waals surface area contributed by atoms with Crippen molar-refractivity contribution in [3.8, 4) is 0 Å². The highest BCUT2D eigenvalue weighted by atomic mass is 16.6. The van der Waals surface area contributed by atoms with Gasteiger partial charge in [-0.3, -0.25) is 0 Å². The monoisotopic (exact) mass is 256 g/mol. The van der Waals surface area contributed by atoms with E-state index >= 15 is 0 Å². The molecule has 1 atom stereocenters. The molecule has 1 aliphatic rings. The van der Waals surface area contributed by atoms with Crippen LogP contribution in [-0.4, -0.2) is 42.3 Å². The quantitative estimate of drug-likeness (QED) is 0.844. The Bertz CT molecular complexity index is 267. The molecule has 0 aromatic carbocycles. The van der Waals surface area contributed by atoms with E-state index in [0.29, 0.717) is 12.5 Å². The maximum Gasteiger partial charge on any atom is 0.410 e. The molecule has 1 rings (SSSR count). The van der Waals surface area contributed by atoms with Crippen LogP contribution in [0.2, 0.25) is 0 Å². The number of hydrogen-bond acceptors (Lipinski definition) is 3. The van der Waals surface area contributed by atoms with Gasteiger partial charge in [0.2, 0.25) is 0 Å². The van der Waals surface area contributed by atoms with Gasteiger partial charge in [0, 0.05) is 12.6 Å². The highest BCUT2D eigenvalue weighted by Gasteiger charge is 2.30. The van der Waals surface area contributed by atoms with E-state index in [1.807, 2.05) is 32.6 Å².